The van der Waals surface area contributed by atoms with Gasteiger partial charge in [-0.25, -0.2) is 13.8 Å². The molecule has 11 nitrogen and oxygen atoms in total. The molecule has 15 heteroatoms. The van der Waals surface area contributed by atoms with Gasteiger partial charge in [0.1, 0.15) is 29.8 Å². The monoisotopic (exact) mass is 720 g/mol. The maximum atomic E-state index is 14.5. The molecule has 3 N–H and O–H groups in total. The van der Waals surface area contributed by atoms with Crippen molar-refractivity contribution in [1.29, 1.82) is 0 Å². The normalized spacial score (nSPS) is 13.5. The average molecular weight is 721 g/mol. The van der Waals surface area contributed by atoms with Crippen LogP contribution in [0, 0.1) is 11.6 Å². The van der Waals surface area contributed by atoms with Crippen molar-refractivity contribution in [3.63, 3.8) is 0 Å². The van der Waals surface area contributed by atoms with Crippen molar-refractivity contribution in [1.82, 2.24) is 34.4 Å². The lowest BCUT2D eigenvalue weighted by Gasteiger charge is -2.24. The Morgan fingerprint density at radius 2 is 1.84 bits per heavy atom. The van der Waals surface area contributed by atoms with E-state index in [-0.39, 0.29) is 35.6 Å². The Kier molecular flexibility index (Phi) is 10.1. The van der Waals surface area contributed by atoms with Crippen LogP contribution in [0.25, 0.3) is 27.5 Å². The number of nitrogens with zero attached hydrogens (tertiary/aromatic N) is 6. The van der Waals surface area contributed by atoms with E-state index in [1.807, 2.05) is 6.07 Å². The number of carbonyl (C=O) groups is 1. The zero-order chi connectivity index (χ0) is 35.7. The molecule has 0 saturated heterocycles. The standard InChI is InChI=1S/C34H31ClF2N8O3.CH4S/c1-43-31-28(9-8-24(35)30(31)32(38)42-43)45-33(40-26-16-22(48-2)6-7-23(26)34(45)47)27(14-18-12-20(36)15-21(37)13-18)39-29(46)17-44-11-10-25(41-44)19-4-3-5-19;1-2/h6-13,15-16,19,27H,3-5,14,17H2,1-2H3,(H2,38,42)(H,39,46);2H,1H3. The molecular weight excluding hydrogens is 686 g/mol. The highest BCUT2D eigenvalue weighted by molar-refractivity contribution is 7.79. The summed E-state index contributed by atoms with van der Waals surface area (Å²) in [6, 6.07) is 12.1. The first-order valence-corrected chi connectivity index (χ1v) is 17.1. The summed E-state index contributed by atoms with van der Waals surface area (Å²) in [5.41, 5.74) is 8.00. The number of hydrogen-bond donors (Lipinski definition) is 3. The molecule has 1 aliphatic carbocycles. The quantitative estimate of drug-likeness (QED) is 0.158. The third-order valence-corrected chi connectivity index (χ3v) is 9.10. The van der Waals surface area contributed by atoms with Crippen LogP contribution in [0.2, 0.25) is 5.02 Å². The number of nitrogens with two attached hydrogens (primary N) is 1. The number of rotatable bonds is 9. The lowest BCUT2D eigenvalue weighted by atomic mass is 9.83. The molecule has 260 valence electrons. The van der Waals surface area contributed by atoms with Crippen LogP contribution in [0.15, 0.2) is 65.6 Å². The predicted octanol–water partition coefficient (Wildman–Crippen LogP) is 5.91. The predicted molar refractivity (Wildman–Crippen MR) is 192 cm³/mol. The van der Waals surface area contributed by atoms with E-state index in [1.54, 1.807) is 54.5 Å². The van der Waals surface area contributed by atoms with Gasteiger partial charge in [-0.3, -0.25) is 23.5 Å². The molecule has 1 aliphatic rings. The Labute approximate surface area is 296 Å². The molecular formula is C35H35ClF2N8O3S. The number of anilines is 1. The minimum absolute atomic E-state index is 0.0952. The van der Waals surface area contributed by atoms with E-state index >= 15 is 0 Å². The average Bonchev–Trinajstić information content (AvgIpc) is 3.63. The van der Waals surface area contributed by atoms with Crippen LogP contribution in [-0.4, -0.2) is 48.4 Å². The minimum Gasteiger partial charge on any atom is -0.497 e. The molecule has 1 atom stereocenters. The highest BCUT2D eigenvalue weighted by Crippen LogP contribution is 2.36. The summed E-state index contributed by atoms with van der Waals surface area (Å²) in [4.78, 5) is 33.1. The van der Waals surface area contributed by atoms with Gasteiger partial charge in [0.25, 0.3) is 5.56 Å². The van der Waals surface area contributed by atoms with E-state index in [2.05, 4.69) is 28.1 Å². The van der Waals surface area contributed by atoms with Crippen LogP contribution in [0.3, 0.4) is 0 Å². The van der Waals surface area contributed by atoms with E-state index in [9.17, 15) is 18.4 Å². The molecule has 1 unspecified atom stereocenters. The fourth-order valence-corrected chi connectivity index (χ4v) is 6.54. The Hall–Kier alpha value is -4.95. The smallest absolute Gasteiger partial charge is 0.266 e. The highest BCUT2D eigenvalue weighted by atomic mass is 35.5. The summed E-state index contributed by atoms with van der Waals surface area (Å²) in [5, 5.41) is 12.9. The van der Waals surface area contributed by atoms with Crippen LogP contribution in [0.1, 0.15) is 48.3 Å². The molecule has 1 saturated carbocycles. The fourth-order valence-electron chi connectivity index (χ4n) is 6.29. The molecule has 1 amide bonds. The van der Waals surface area contributed by atoms with Gasteiger partial charge in [0.05, 0.1) is 51.4 Å². The molecule has 1 fully saturated rings. The summed E-state index contributed by atoms with van der Waals surface area (Å²) in [7, 11) is 3.16. The number of carbonyl (C=O) groups excluding carboxylic acids is 1. The molecule has 0 aliphatic heterocycles. The number of benzene rings is 3. The van der Waals surface area contributed by atoms with Gasteiger partial charge in [-0.1, -0.05) is 18.0 Å². The molecule has 50 heavy (non-hydrogen) atoms. The van der Waals surface area contributed by atoms with Crippen LogP contribution in [-0.2, 0) is 24.8 Å². The van der Waals surface area contributed by atoms with Crippen molar-refractivity contribution >= 4 is 57.8 Å². The van der Waals surface area contributed by atoms with Crippen LogP contribution < -0.4 is 21.3 Å². The second kappa shape index (κ2) is 14.5. The Morgan fingerprint density at radius 1 is 1.10 bits per heavy atom. The lowest BCUT2D eigenvalue weighted by molar-refractivity contribution is -0.122. The third kappa shape index (κ3) is 6.77. The van der Waals surface area contributed by atoms with E-state index in [1.165, 1.54) is 28.5 Å². The molecule has 3 aromatic carbocycles. The largest absolute Gasteiger partial charge is 0.497 e. The number of halogens is 3. The first-order chi connectivity index (χ1) is 24.1. The zero-order valence-corrected chi connectivity index (χ0v) is 29.2. The number of nitrogen functional groups attached to an aromatic ring is 1. The van der Waals surface area contributed by atoms with E-state index in [0.29, 0.717) is 38.8 Å². The van der Waals surface area contributed by atoms with Crippen molar-refractivity contribution in [3.05, 3.63) is 105 Å². The molecule has 6 aromatic rings. The number of fused-ring (bicyclic) bond motifs is 2. The van der Waals surface area contributed by atoms with Gasteiger partial charge < -0.3 is 15.8 Å². The summed E-state index contributed by atoms with van der Waals surface area (Å²) < 4.78 is 38.7. The van der Waals surface area contributed by atoms with Gasteiger partial charge in [-0.05, 0) is 67.1 Å². The van der Waals surface area contributed by atoms with Crippen molar-refractivity contribution in [2.75, 3.05) is 19.1 Å². The van der Waals surface area contributed by atoms with Gasteiger partial charge in [-0.2, -0.15) is 22.8 Å². The lowest BCUT2D eigenvalue weighted by Crippen LogP contribution is -2.37. The number of nitrogens with one attached hydrogen (secondary N) is 1. The molecule has 0 radical (unpaired) electrons. The van der Waals surface area contributed by atoms with E-state index in [0.717, 1.165) is 31.0 Å². The molecule has 7 rings (SSSR count). The van der Waals surface area contributed by atoms with Crippen molar-refractivity contribution in [3.8, 4) is 11.4 Å². The maximum Gasteiger partial charge on any atom is 0.266 e. The first-order valence-electron chi connectivity index (χ1n) is 15.8. The number of amides is 1. The summed E-state index contributed by atoms with van der Waals surface area (Å²) in [6.45, 7) is -0.129. The molecule has 3 heterocycles. The van der Waals surface area contributed by atoms with Gasteiger partial charge in [0.15, 0.2) is 5.82 Å². The molecule has 0 bridgehead atoms. The number of thiol groups is 1. The Bertz CT molecular complexity index is 2260. The second-order valence-corrected chi connectivity index (χ2v) is 12.4. The van der Waals surface area contributed by atoms with Crippen LogP contribution in [0.5, 0.6) is 5.75 Å². The van der Waals surface area contributed by atoms with Gasteiger partial charge in [0, 0.05) is 37.7 Å². The fraction of sp³-hybridized carbons (Fsp3) is 0.286. The number of aromatic nitrogens is 6. The number of aryl methyl sites for hydroxylation is 1. The van der Waals surface area contributed by atoms with Crippen molar-refractivity contribution in [2.24, 2.45) is 7.05 Å². The number of ether oxygens (including phenoxy) is 1. The minimum atomic E-state index is -1.06. The maximum absolute atomic E-state index is 14.5. The number of methoxy groups -OCH3 is 1. The topological polar surface area (TPSA) is 135 Å². The molecule has 3 aromatic heterocycles. The zero-order valence-electron chi connectivity index (χ0n) is 27.5. The van der Waals surface area contributed by atoms with Gasteiger partial charge in [-0.15, -0.1) is 0 Å². The van der Waals surface area contributed by atoms with Crippen molar-refractivity contribution in [2.45, 2.75) is 44.2 Å². The highest BCUT2D eigenvalue weighted by Gasteiger charge is 2.28. The van der Waals surface area contributed by atoms with Crippen LogP contribution in [0.4, 0.5) is 14.6 Å². The Morgan fingerprint density at radius 3 is 2.52 bits per heavy atom. The summed E-state index contributed by atoms with van der Waals surface area (Å²) >= 11 is 10.1. The van der Waals surface area contributed by atoms with Crippen LogP contribution >= 0.6 is 24.2 Å². The summed E-state index contributed by atoms with van der Waals surface area (Å²) in [5.74, 6) is -0.916. The molecule has 0 spiro atoms. The van der Waals surface area contributed by atoms with E-state index < -0.39 is 29.1 Å². The number of hydrogen-bond acceptors (Lipinski definition) is 8. The Balaban J connectivity index is 0.00000212. The van der Waals surface area contributed by atoms with Gasteiger partial charge in [0.2, 0.25) is 5.91 Å². The SMILES string of the molecule is COc1ccc2c(=O)n(-c3ccc(Cl)c4c(N)nn(C)c34)c(C(Cc3cc(F)cc(F)c3)NC(=O)Cn3ccc(C4CCC4)n3)nc2c1.CS. The van der Waals surface area contributed by atoms with Crippen molar-refractivity contribution < 1.29 is 18.3 Å². The summed E-state index contributed by atoms with van der Waals surface area (Å²) in [6.07, 6.45) is 6.60. The van der Waals surface area contributed by atoms with E-state index in [4.69, 9.17) is 27.1 Å². The third-order valence-electron chi connectivity index (χ3n) is 8.79. The first kappa shape index (κ1) is 34.9. The van der Waals surface area contributed by atoms with Gasteiger partial charge >= 0.3 is 0 Å². The second-order valence-electron chi connectivity index (χ2n) is 12.0.